The molecule has 0 aromatic heterocycles. The maximum Gasteiger partial charge on any atom is 0.408 e. The highest BCUT2D eigenvalue weighted by Gasteiger charge is 2.37. The van der Waals surface area contributed by atoms with E-state index < -0.39 is 40.3 Å². The van der Waals surface area contributed by atoms with Crippen LogP contribution in [0.25, 0.3) is 0 Å². The Labute approximate surface area is 308 Å². The summed E-state index contributed by atoms with van der Waals surface area (Å²) in [6, 6.07) is 37.0. The van der Waals surface area contributed by atoms with Crippen LogP contribution >= 0.6 is 11.8 Å². The van der Waals surface area contributed by atoms with Crippen molar-refractivity contribution in [2.45, 2.75) is 69.4 Å². The fraction of sp³-hybridized carbons (Fsp3) is 0.293. The van der Waals surface area contributed by atoms with Crippen molar-refractivity contribution < 1.29 is 33.5 Å². The predicted octanol–water partition coefficient (Wildman–Crippen LogP) is 6.46. The molecule has 270 valence electrons. The van der Waals surface area contributed by atoms with Crippen LogP contribution in [-0.2, 0) is 46.5 Å². The van der Waals surface area contributed by atoms with Crippen molar-refractivity contribution in [1.82, 2.24) is 15.7 Å². The third-order valence-electron chi connectivity index (χ3n) is 8.30. The lowest BCUT2D eigenvalue weighted by Crippen LogP contribution is -2.48. The van der Waals surface area contributed by atoms with Crippen molar-refractivity contribution in [3.63, 3.8) is 0 Å². The topological polar surface area (TPSA) is 131 Å². The molecule has 0 aliphatic carbocycles. The molecule has 52 heavy (non-hydrogen) atoms. The number of thioether (sulfide) groups is 1. The van der Waals surface area contributed by atoms with Gasteiger partial charge in [-0.25, -0.2) is 9.59 Å². The molecule has 4 aromatic rings. The number of amides is 4. The van der Waals surface area contributed by atoms with Crippen molar-refractivity contribution in [3.8, 4) is 0 Å². The Kier molecular flexibility index (Phi) is 12.5. The molecule has 0 bridgehead atoms. The zero-order valence-electron chi connectivity index (χ0n) is 29.5. The van der Waals surface area contributed by atoms with Crippen LogP contribution in [0.5, 0.6) is 0 Å². The Hall–Kier alpha value is -5.42. The number of carbonyl (C=O) groups is 5. The van der Waals surface area contributed by atoms with Gasteiger partial charge in [0.05, 0.1) is 4.75 Å². The second-order valence-electron chi connectivity index (χ2n) is 13.4. The van der Waals surface area contributed by atoms with Crippen LogP contribution in [0.1, 0.15) is 67.9 Å². The standard InChI is InChI=1S/C41H43N3O7S/c1-40(2,3)50-39(49)43-34(38(48)51-44-36(46)23-24-37(44)47)27-29-19-21-30(22-20-29)28-42-35(45)25-26-52-41(31-13-7-4-8-14-31,32-15-9-5-10-16-32)33-17-11-6-12-18-33/h4-22,34H,23-28H2,1-3H3,(H,42,45)(H,43,49)/t34-/m1/s1. The molecule has 0 saturated carbocycles. The zero-order valence-corrected chi connectivity index (χ0v) is 30.3. The Morgan fingerprint density at radius 3 is 1.69 bits per heavy atom. The number of alkyl carbamates (subject to hydrolysis) is 1. The normalized spacial score (nSPS) is 13.7. The molecular weight excluding hydrogens is 679 g/mol. The molecule has 4 aromatic carbocycles. The van der Waals surface area contributed by atoms with E-state index in [9.17, 15) is 24.0 Å². The fourth-order valence-electron chi connectivity index (χ4n) is 5.84. The molecule has 4 amide bonds. The van der Waals surface area contributed by atoms with Gasteiger partial charge in [0, 0.05) is 38.0 Å². The number of nitrogens with one attached hydrogen (secondary N) is 2. The summed E-state index contributed by atoms with van der Waals surface area (Å²) in [6.45, 7) is 5.35. The molecule has 1 aliphatic heterocycles. The van der Waals surface area contributed by atoms with Gasteiger partial charge in [-0.1, -0.05) is 115 Å². The van der Waals surface area contributed by atoms with E-state index in [0.29, 0.717) is 29.3 Å². The highest BCUT2D eigenvalue weighted by atomic mass is 32.2. The number of nitrogens with zero attached hydrogens (tertiary/aromatic N) is 1. The number of imide groups is 1. The van der Waals surface area contributed by atoms with Gasteiger partial charge in [-0.05, 0) is 48.6 Å². The van der Waals surface area contributed by atoms with Gasteiger partial charge in [-0.15, -0.1) is 16.8 Å². The van der Waals surface area contributed by atoms with E-state index in [1.165, 1.54) is 0 Å². The largest absolute Gasteiger partial charge is 0.444 e. The second kappa shape index (κ2) is 17.2. The Morgan fingerprint density at radius 2 is 1.21 bits per heavy atom. The monoisotopic (exact) mass is 721 g/mol. The van der Waals surface area contributed by atoms with Crippen LogP contribution in [0.15, 0.2) is 115 Å². The zero-order chi connectivity index (χ0) is 37.1. The van der Waals surface area contributed by atoms with Crippen LogP contribution in [-0.4, -0.2) is 52.2 Å². The number of rotatable bonds is 14. The first kappa shape index (κ1) is 37.8. The van der Waals surface area contributed by atoms with Crippen LogP contribution in [0.4, 0.5) is 4.79 Å². The van der Waals surface area contributed by atoms with E-state index in [1.807, 2.05) is 66.7 Å². The van der Waals surface area contributed by atoms with Crippen LogP contribution in [0.2, 0.25) is 0 Å². The molecule has 1 aliphatic rings. The SMILES string of the molecule is CC(C)(C)OC(=O)N[C@H](Cc1ccc(CNC(=O)CCSC(c2ccccc2)(c2ccccc2)c2ccccc2)cc1)C(=O)ON1C(=O)CCC1=O. The van der Waals surface area contributed by atoms with E-state index in [2.05, 4.69) is 47.0 Å². The Balaban J connectivity index is 1.21. The van der Waals surface area contributed by atoms with Gasteiger partial charge in [-0.3, -0.25) is 14.4 Å². The van der Waals surface area contributed by atoms with E-state index in [-0.39, 0.29) is 25.2 Å². The molecule has 10 nitrogen and oxygen atoms in total. The molecule has 11 heteroatoms. The minimum Gasteiger partial charge on any atom is -0.444 e. The molecular formula is C41H43N3O7S. The lowest BCUT2D eigenvalue weighted by molar-refractivity contribution is -0.198. The minimum atomic E-state index is -1.24. The first-order chi connectivity index (χ1) is 24.9. The van der Waals surface area contributed by atoms with E-state index >= 15 is 0 Å². The second-order valence-corrected chi connectivity index (χ2v) is 14.7. The molecule has 1 atom stereocenters. The number of hydrogen-bond donors (Lipinski definition) is 2. The summed E-state index contributed by atoms with van der Waals surface area (Å²) in [5.74, 6) is -1.74. The van der Waals surface area contributed by atoms with Crippen LogP contribution in [0.3, 0.4) is 0 Å². The van der Waals surface area contributed by atoms with Gasteiger partial charge in [0.2, 0.25) is 5.91 Å². The summed E-state index contributed by atoms with van der Waals surface area (Å²) >= 11 is 1.73. The first-order valence-corrected chi connectivity index (χ1v) is 18.2. The fourth-order valence-corrected chi connectivity index (χ4v) is 7.34. The van der Waals surface area contributed by atoms with E-state index in [1.54, 1.807) is 44.7 Å². The molecule has 0 unspecified atom stereocenters. The van der Waals surface area contributed by atoms with Gasteiger partial charge in [0.1, 0.15) is 11.6 Å². The Bertz CT molecular complexity index is 1730. The summed E-state index contributed by atoms with van der Waals surface area (Å²) < 4.78 is 4.80. The van der Waals surface area contributed by atoms with E-state index in [4.69, 9.17) is 9.57 Å². The molecule has 1 heterocycles. The minimum absolute atomic E-state index is 0.00412. The summed E-state index contributed by atoms with van der Waals surface area (Å²) in [7, 11) is 0. The predicted molar refractivity (Wildman–Crippen MR) is 199 cm³/mol. The highest BCUT2D eigenvalue weighted by Crippen LogP contribution is 2.48. The first-order valence-electron chi connectivity index (χ1n) is 17.2. The van der Waals surface area contributed by atoms with Crippen molar-refractivity contribution in [2.75, 3.05) is 5.75 Å². The summed E-state index contributed by atoms with van der Waals surface area (Å²) in [6.07, 6.45) is -0.644. The molecule has 0 radical (unpaired) electrons. The van der Waals surface area contributed by atoms with Crippen molar-refractivity contribution in [2.24, 2.45) is 0 Å². The van der Waals surface area contributed by atoms with Crippen molar-refractivity contribution in [1.29, 1.82) is 0 Å². The number of benzene rings is 4. The number of hydrogen-bond acceptors (Lipinski definition) is 8. The Morgan fingerprint density at radius 1 is 0.731 bits per heavy atom. The van der Waals surface area contributed by atoms with Crippen molar-refractivity contribution >= 4 is 41.5 Å². The lowest BCUT2D eigenvalue weighted by Gasteiger charge is -2.35. The highest BCUT2D eigenvalue weighted by molar-refractivity contribution is 8.00. The van der Waals surface area contributed by atoms with Gasteiger partial charge >= 0.3 is 12.1 Å². The number of carbonyl (C=O) groups excluding carboxylic acids is 5. The smallest absolute Gasteiger partial charge is 0.408 e. The van der Waals surface area contributed by atoms with E-state index in [0.717, 1.165) is 22.3 Å². The third kappa shape index (κ3) is 9.88. The maximum atomic E-state index is 13.1. The lowest BCUT2D eigenvalue weighted by atomic mass is 9.84. The van der Waals surface area contributed by atoms with Gasteiger partial charge in [0.15, 0.2) is 0 Å². The summed E-state index contributed by atoms with van der Waals surface area (Å²) in [4.78, 5) is 67.8. The molecule has 1 fully saturated rings. The third-order valence-corrected chi connectivity index (χ3v) is 9.85. The number of hydroxylamine groups is 2. The average Bonchev–Trinajstić information content (AvgIpc) is 3.45. The molecule has 2 N–H and O–H groups in total. The average molecular weight is 722 g/mol. The van der Waals surface area contributed by atoms with Gasteiger partial charge in [0.25, 0.3) is 11.8 Å². The summed E-state index contributed by atoms with van der Waals surface area (Å²) in [5.41, 5.74) is 4.08. The van der Waals surface area contributed by atoms with Gasteiger partial charge in [-0.2, -0.15) is 0 Å². The molecule has 5 rings (SSSR count). The number of ether oxygens (including phenoxy) is 1. The van der Waals surface area contributed by atoms with Crippen LogP contribution < -0.4 is 10.6 Å². The quantitative estimate of drug-likeness (QED) is 0.112. The summed E-state index contributed by atoms with van der Waals surface area (Å²) in [5, 5.41) is 5.95. The molecule has 0 spiro atoms. The molecule has 1 saturated heterocycles. The maximum absolute atomic E-state index is 13.1. The van der Waals surface area contributed by atoms with Gasteiger partial charge < -0.3 is 20.2 Å². The van der Waals surface area contributed by atoms with Crippen molar-refractivity contribution in [3.05, 3.63) is 143 Å². The van der Waals surface area contributed by atoms with Crippen LogP contribution in [0, 0.1) is 0 Å².